The molecule has 0 spiro atoms. The lowest BCUT2D eigenvalue weighted by Crippen LogP contribution is -2.50. The van der Waals surface area contributed by atoms with Gasteiger partial charge in [-0.25, -0.2) is 19.0 Å². The summed E-state index contributed by atoms with van der Waals surface area (Å²) in [6.45, 7) is 2.38. The van der Waals surface area contributed by atoms with Crippen molar-refractivity contribution in [3.05, 3.63) is 65.4 Å². The van der Waals surface area contributed by atoms with Crippen LogP contribution in [0.5, 0.6) is 0 Å². The van der Waals surface area contributed by atoms with Gasteiger partial charge in [-0.3, -0.25) is 4.98 Å². The van der Waals surface area contributed by atoms with Gasteiger partial charge in [0.1, 0.15) is 23.7 Å². The molecule has 0 radical (unpaired) electrons. The monoisotopic (exact) mass is 495 g/mol. The van der Waals surface area contributed by atoms with Crippen LogP contribution in [0.2, 0.25) is 0 Å². The van der Waals surface area contributed by atoms with Gasteiger partial charge in [0.15, 0.2) is 17.5 Å². The summed E-state index contributed by atoms with van der Waals surface area (Å²) < 4.78 is 57.5. The normalized spacial score (nSPS) is 19.7. The Morgan fingerprint density at radius 1 is 1.35 bits per heavy atom. The Morgan fingerprint density at radius 3 is 2.62 bits per heavy atom. The molecule has 1 aromatic carbocycles. The van der Waals surface area contributed by atoms with Crippen LogP contribution in [0.25, 0.3) is 5.70 Å². The van der Waals surface area contributed by atoms with E-state index < -0.39 is 29.0 Å². The molecular formula is C22H24F3N5O3S. The summed E-state index contributed by atoms with van der Waals surface area (Å²) in [5, 5.41) is 10.3. The van der Waals surface area contributed by atoms with Crippen LogP contribution < -0.4 is 11.6 Å². The van der Waals surface area contributed by atoms with E-state index in [9.17, 15) is 13.2 Å². The number of thioether (sulfide) groups is 1. The highest BCUT2D eigenvalue weighted by Crippen LogP contribution is 2.31. The summed E-state index contributed by atoms with van der Waals surface area (Å²) in [4.78, 5) is 4.75. The predicted octanol–water partition coefficient (Wildman–Crippen LogP) is 2.74. The molecule has 0 amide bonds. The van der Waals surface area contributed by atoms with Crippen molar-refractivity contribution >= 4 is 17.5 Å². The first-order chi connectivity index (χ1) is 16.2. The lowest BCUT2D eigenvalue weighted by molar-refractivity contribution is -0.198. The van der Waals surface area contributed by atoms with Gasteiger partial charge in [0.25, 0.3) is 0 Å². The number of hydrogen-bond acceptors (Lipinski definition) is 9. The Kier molecular flexibility index (Phi) is 8.76. The summed E-state index contributed by atoms with van der Waals surface area (Å²) >= 11 is 1.30. The molecule has 3 rings (SSSR count). The molecule has 2 aromatic rings. The Balaban J connectivity index is 1.77. The third kappa shape index (κ3) is 6.40. The first kappa shape index (κ1) is 25.8. The molecule has 4 atom stereocenters. The molecule has 1 fully saturated rings. The number of nitriles is 1. The minimum atomic E-state index is -1.58. The molecule has 0 saturated carbocycles. The van der Waals surface area contributed by atoms with Crippen molar-refractivity contribution in [1.29, 1.82) is 5.26 Å². The molecule has 1 aliphatic heterocycles. The second kappa shape index (κ2) is 11.5. The number of aromatic nitrogens is 1. The molecule has 34 heavy (non-hydrogen) atoms. The van der Waals surface area contributed by atoms with E-state index in [0.29, 0.717) is 17.1 Å². The highest BCUT2D eigenvalue weighted by atomic mass is 32.2. The second-order valence-corrected chi connectivity index (χ2v) is 8.70. The molecule has 12 heteroatoms. The zero-order valence-electron chi connectivity index (χ0n) is 18.5. The van der Waals surface area contributed by atoms with Gasteiger partial charge < -0.3 is 25.0 Å². The molecule has 1 aromatic heterocycles. The molecule has 1 saturated heterocycles. The van der Waals surface area contributed by atoms with E-state index in [2.05, 4.69) is 4.98 Å². The minimum Gasteiger partial charge on any atom is -0.397 e. The highest BCUT2D eigenvalue weighted by Gasteiger charge is 2.35. The van der Waals surface area contributed by atoms with Gasteiger partial charge in [0, 0.05) is 36.2 Å². The van der Waals surface area contributed by atoms with Gasteiger partial charge in [-0.2, -0.15) is 5.26 Å². The van der Waals surface area contributed by atoms with Crippen LogP contribution >= 0.6 is 11.8 Å². The van der Waals surface area contributed by atoms with E-state index in [-0.39, 0.29) is 30.0 Å². The standard InChI is InChI=1S/C22H24F3N5O3S/c1-12-20(11-32-12)33-22(34-15-3-13(6-26)7-29-8-15)19(31-2)10-30(28)9-18(27)14-4-16(23)21(25)17(24)5-14/h3-5,7-9,12,19-20,22H,10-11,27-28H2,1-2H3/b18-9-/t12?,19-,20?,22?/m0/s1. The second-order valence-electron chi connectivity index (χ2n) is 7.53. The van der Waals surface area contributed by atoms with E-state index in [1.165, 1.54) is 36.3 Å². The van der Waals surface area contributed by atoms with E-state index >= 15 is 0 Å². The topological polar surface area (TPSA) is 120 Å². The summed E-state index contributed by atoms with van der Waals surface area (Å²) in [5.74, 6) is 1.76. The Hall–Kier alpha value is -2.82. The number of benzene rings is 1. The summed E-state index contributed by atoms with van der Waals surface area (Å²) in [6.07, 6.45) is 3.44. The van der Waals surface area contributed by atoms with Crippen molar-refractivity contribution in [2.75, 3.05) is 20.3 Å². The van der Waals surface area contributed by atoms with Crippen molar-refractivity contribution in [1.82, 2.24) is 9.99 Å². The third-order valence-electron chi connectivity index (χ3n) is 5.07. The van der Waals surface area contributed by atoms with E-state index in [1.807, 2.05) is 13.0 Å². The number of ether oxygens (including phenoxy) is 3. The molecular weight excluding hydrogens is 471 g/mol. The van der Waals surface area contributed by atoms with Crippen molar-refractivity contribution in [3.63, 3.8) is 0 Å². The summed E-state index contributed by atoms with van der Waals surface area (Å²) in [5.41, 5.74) is 5.60. The van der Waals surface area contributed by atoms with Gasteiger partial charge in [-0.1, -0.05) is 11.8 Å². The molecule has 0 aliphatic carbocycles. The molecule has 0 bridgehead atoms. The average Bonchev–Trinajstić information content (AvgIpc) is 2.82. The molecule has 182 valence electrons. The fourth-order valence-electron chi connectivity index (χ4n) is 3.07. The Bertz CT molecular complexity index is 1060. The number of rotatable bonds is 10. The van der Waals surface area contributed by atoms with Crippen molar-refractivity contribution < 1.29 is 27.4 Å². The fraction of sp³-hybridized carbons (Fsp3) is 0.364. The zero-order chi connectivity index (χ0) is 24.8. The largest absolute Gasteiger partial charge is 0.397 e. The Morgan fingerprint density at radius 2 is 2.06 bits per heavy atom. The van der Waals surface area contributed by atoms with Crippen LogP contribution in [-0.2, 0) is 14.2 Å². The summed E-state index contributed by atoms with van der Waals surface area (Å²) in [6, 6.07) is 5.28. The highest BCUT2D eigenvalue weighted by molar-refractivity contribution is 7.99. The number of hydrogen-bond donors (Lipinski definition) is 2. The van der Waals surface area contributed by atoms with Crippen LogP contribution in [0.15, 0.2) is 41.7 Å². The SMILES string of the molecule is CO[C@@H](CN(N)/C=C(\N)c1cc(F)c(F)c(F)c1)C(OC1COC1C)Sc1cncc(C#N)c1. The smallest absolute Gasteiger partial charge is 0.194 e. The average molecular weight is 496 g/mol. The predicted molar refractivity (Wildman–Crippen MR) is 119 cm³/mol. The van der Waals surface area contributed by atoms with Gasteiger partial charge in [0.2, 0.25) is 0 Å². The molecule has 8 nitrogen and oxygen atoms in total. The summed E-state index contributed by atoms with van der Waals surface area (Å²) in [7, 11) is 1.48. The van der Waals surface area contributed by atoms with Crippen molar-refractivity contribution in [3.8, 4) is 6.07 Å². The minimum absolute atomic E-state index is 0.0668. The number of nitrogens with zero attached hydrogens (tertiary/aromatic N) is 3. The van der Waals surface area contributed by atoms with E-state index in [0.717, 1.165) is 12.1 Å². The number of nitrogens with two attached hydrogens (primary N) is 2. The quantitative estimate of drug-likeness (QED) is 0.169. The van der Waals surface area contributed by atoms with Gasteiger partial charge in [-0.15, -0.1) is 0 Å². The van der Waals surface area contributed by atoms with Crippen LogP contribution in [0.3, 0.4) is 0 Å². The lowest BCUT2D eigenvalue weighted by Gasteiger charge is -2.38. The van der Waals surface area contributed by atoms with Crippen LogP contribution in [0.4, 0.5) is 13.2 Å². The van der Waals surface area contributed by atoms with E-state index in [1.54, 1.807) is 12.3 Å². The number of pyridine rings is 1. The van der Waals surface area contributed by atoms with Crippen LogP contribution in [0.1, 0.15) is 18.1 Å². The number of hydrazine groups is 1. The maximum absolute atomic E-state index is 13.5. The first-order valence-corrected chi connectivity index (χ1v) is 11.0. The van der Waals surface area contributed by atoms with Crippen LogP contribution in [0, 0.1) is 28.8 Å². The fourth-order valence-corrected chi connectivity index (χ4v) is 4.20. The van der Waals surface area contributed by atoms with Gasteiger partial charge in [0.05, 0.1) is 30.5 Å². The maximum Gasteiger partial charge on any atom is 0.194 e. The molecule has 1 aliphatic rings. The zero-order valence-corrected chi connectivity index (χ0v) is 19.3. The van der Waals surface area contributed by atoms with Crippen LogP contribution in [-0.4, -0.2) is 54.0 Å². The van der Waals surface area contributed by atoms with Crippen molar-refractivity contribution in [2.45, 2.75) is 35.6 Å². The maximum atomic E-state index is 13.5. The van der Waals surface area contributed by atoms with Gasteiger partial charge in [-0.05, 0) is 25.1 Å². The number of methoxy groups -OCH3 is 1. The van der Waals surface area contributed by atoms with Crippen molar-refractivity contribution in [2.24, 2.45) is 11.6 Å². The number of halogens is 3. The van der Waals surface area contributed by atoms with Gasteiger partial charge >= 0.3 is 0 Å². The van der Waals surface area contributed by atoms with E-state index in [4.69, 9.17) is 31.0 Å². The third-order valence-corrected chi connectivity index (χ3v) is 6.21. The molecule has 3 unspecified atom stereocenters. The Labute approximate surface area is 199 Å². The molecule has 2 heterocycles. The molecule has 4 N–H and O–H groups in total. The first-order valence-electron chi connectivity index (χ1n) is 10.2. The lowest BCUT2D eigenvalue weighted by atomic mass is 10.1.